The van der Waals surface area contributed by atoms with Gasteiger partial charge in [-0.05, 0) is 32.6 Å². The van der Waals surface area contributed by atoms with Gasteiger partial charge in [-0.15, -0.1) is 0 Å². The summed E-state index contributed by atoms with van der Waals surface area (Å²) in [6.45, 7) is 8.25. The van der Waals surface area contributed by atoms with Gasteiger partial charge in [0.15, 0.2) is 0 Å². The lowest BCUT2D eigenvalue weighted by Gasteiger charge is -2.34. The molecule has 104 valence electrons. The number of hydrogen-bond donors (Lipinski definition) is 1. The van der Waals surface area contributed by atoms with Crippen LogP contribution in [-0.4, -0.2) is 35.5 Å². The van der Waals surface area contributed by atoms with E-state index in [2.05, 4.69) is 20.2 Å². The van der Waals surface area contributed by atoms with E-state index in [9.17, 15) is 4.79 Å². The third kappa shape index (κ3) is 3.66. The fraction of sp³-hybridized carbons (Fsp3) is 0.643. The number of aryl methyl sites for hydroxylation is 2. The summed E-state index contributed by atoms with van der Waals surface area (Å²) in [5.74, 6) is 1.54. The Morgan fingerprint density at radius 3 is 3.05 bits per heavy atom. The second-order valence-electron chi connectivity index (χ2n) is 5.31. The van der Waals surface area contributed by atoms with E-state index in [1.807, 2.05) is 13.8 Å². The Bertz CT molecular complexity index is 461. The zero-order valence-electron chi connectivity index (χ0n) is 11.9. The van der Waals surface area contributed by atoms with E-state index in [4.69, 9.17) is 0 Å². The van der Waals surface area contributed by atoms with Gasteiger partial charge >= 0.3 is 0 Å². The first-order chi connectivity index (χ1) is 9.06. The number of rotatable bonds is 3. The summed E-state index contributed by atoms with van der Waals surface area (Å²) in [7, 11) is 0. The maximum atomic E-state index is 11.0. The minimum Gasteiger partial charge on any atom is -0.356 e. The van der Waals surface area contributed by atoms with Gasteiger partial charge in [0.2, 0.25) is 5.91 Å². The molecular weight excluding hydrogens is 240 g/mol. The van der Waals surface area contributed by atoms with Crippen LogP contribution in [0.2, 0.25) is 0 Å². The summed E-state index contributed by atoms with van der Waals surface area (Å²) in [6.07, 6.45) is 4.10. The molecule has 0 saturated carbocycles. The van der Waals surface area contributed by atoms with Crippen LogP contribution in [0.3, 0.4) is 0 Å². The minimum atomic E-state index is 0.0450. The first kappa shape index (κ1) is 13.8. The molecule has 2 heterocycles. The highest BCUT2D eigenvalue weighted by atomic mass is 16.1. The summed E-state index contributed by atoms with van der Waals surface area (Å²) in [4.78, 5) is 22.3. The van der Waals surface area contributed by atoms with Gasteiger partial charge in [0.1, 0.15) is 5.82 Å². The number of piperidine rings is 1. The summed E-state index contributed by atoms with van der Waals surface area (Å²) in [5, 5.41) is 2.91. The molecule has 1 aromatic rings. The van der Waals surface area contributed by atoms with Crippen molar-refractivity contribution in [2.45, 2.75) is 33.6 Å². The number of aromatic nitrogens is 2. The molecule has 0 bridgehead atoms. The van der Waals surface area contributed by atoms with Crippen molar-refractivity contribution in [3.63, 3.8) is 0 Å². The Kier molecular flexibility index (Phi) is 4.35. The molecule has 0 spiro atoms. The first-order valence-electron chi connectivity index (χ1n) is 6.86. The molecule has 1 fully saturated rings. The zero-order chi connectivity index (χ0) is 13.8. The Labute approximate surface area is 114 Å². The van der Waals surface area contributed by atoms with Crippen LogP contribution < -0.4 is 10.2 Å². The van der Waals surface area contributed by atoms with Gasteiger partial charge in [-0.1, -0.05) is 0 Å². The Balaban J connectivity index is 2.04. The monoisotopic (exact) mass is 262 g/mol. The van der Waals surface area contributed by atoms with E-state index in [0.717, 1.165) is 49.7 Å². The number of anilines is 1. The van der Waals surface area contributed by atoms with Gasteiger partial charge in [-0.2, -0.15) is 0 Å². The largest absolute Gasteiger partial charge is 0.356 e. The van der Waals surface area contributed by atoms with Crippen molar-refractivity contribution in [1.29, 1.82) is 0 Å². The molecule has 5 nitrogen and oxygen atoms in total. The lowest BCUT2D eigenvalue weighted by atomic mass is 9.98. The number of nitrogens with zero attached hydrogens (tertiary/aromatic N) is 3. The molecule has 1 saturated heterocycles. The van der Waals surface area contributed by atoms with E-state index < -0.39 is 0 Å². The molecule has 0 unspecified atom stereocenters. The molecule has 1 aromatic heterocycles. The molecule has 1 aliphatic heterocycles. The molecule has 1 amide bonds. The standard InChI is InChI=1S/C14H22N4O/c1-10-7-15-11(2)14(17-10)18-6-4-5-13(9-18)8-16-12(3)19/h7,13H,4-6,8-9H2,1-3H3,(H,16,19)/t13-/m1/s1. The third-order valence-electron chi connectivity index (χ3n) is 3.51. The highest BCUT2D eigenvalue weighted by Gasteiger charge is 2.22. The Morgan fingerprint density at radius 2 is 2.32 bits per heavy atom. The lowest BCUT2D eigenvalue weighted by molar-refractivity contribution is -0.119. The molecule has 1 N–H and O–H groups in total. The lowest BCUT2D eigenvalue weighted by Crippen LogP contribution is -2.41. The highest BCUT2D eigenvalue weighted by Crippen LogP contribution is 2.23. The second kappa shape index (κ2) is 5.99. The second-order valence-corrected chi connectivity index (χ2v) is 5.31. The molecule has 1 atom stereocenters. The summed E-state index contributed by atoms with van der Waals surface area (Å²) in [5.41, 5.74) is 1.93. The van der Waals surface area contributed by atoms with Crippen molar-refractivity contribution in [3.05, 3.63) is 17.6 Å². The van der Waals surface area contributed by atoms with Gasteiger partial charge in [-0.3, -0.25) is 9.78 Å². The van der Waals surface area contributed by atoms with Gasteiger partial charge in [0.05, 0.1) is 11.4 Å². The number of carbonyl (C=O) groups excluding carboxylic acids is 1. The summed E-state index contributed by atoms with van der Waals surface area (Å²) >= 11 is 0. The molecule has 5 heteroatoms. The topological polar surface area (TPSA) is 58.1 Å². The fourth-order valence-electron chi connectivity index (χ4n) is 2.54. The smallest absolute Gasteiger partial charge is 0.216 e. The zero-order valence-corrected chi connectivity index (χ0v) is 11.9. The van der Waals surface area contributed by atoms with Gasteiger partial charge in [-0.25, -0.2) is 4.98 Å². The van der Waals surface area contributed by atoms with Gasteiger partial charge in [0.25, 0.3) is 0 Å². The fourth-order valence-corrected chi connectivity index (χ4v) is 2.54. The third-order valence-corrected chi connectivity index (χ3v) is 3.51. The van der Waals surface area contributed by atoms with Crippen LogP contribution in [-0.2, 0) is 4.79 Å². The van der Waals surface area contributed by atoms with Gasteiger partial charge < -0.3 is 10.2 Å². The minimum absolute atomic E-state index is 0.0450. The van der Waals surface area contributed by atoms with Crippen molar-refractivity contribution in [2.24, 2.45) is 5.92 Å². The molecule has 0 aromatic carbocycles. The molecule has 1 aliphatic rings. The van der Waals surface area contributed by atoms with Crippen LogP contribution in [0.15, 0.2) is 6.20 Å². The molecule has 19 heavy (non-hydrogen) atoms. The van der Waals surface area contributed by atoms with Crippen molar-refractivity contribution >= 4 is 11.7 Å². The number of carbonyl (C=O) groups is 1. The summed E-state index contributed by atoms with van der Waals surface area (Å²) in [6, 6.07) is 0. The summed E-state index contributed by atoms with van der Waals surface area (Å²) < 4.78 is 0. The van der Waals surface area contributed by atoms with E-state index >= 15 is 0 Å². The van der Waals surface area contributed by atoms with Crippen molar-refractivity contribution < 1.29 is 4.79 Å². The number of hydrogen-bond acceptors (Lipinski definition) is 4. The van der Waals surface area contributed by atoms with E-state index in [-0.39, 0.29) is 5.91 Å². The highest BCUT2D eigenvalue weighted by molar-refractivity contribution is 5.72. The molecule has 0 radical (unpaired) electrons. The van der Waals surface area contributed by atoms with E-state index in [1.165, 1.54) is 0 Å². The van der Waals surface area contributed by atoms with Crippen LogP contribution >= 0.6 is 0 Å². The quantitative estimate of drug-likeness (QED) is 0.895. The average Bonchev–Trinajstić information content (AvgIpc) is 2.39. The molecule has 2 rings (SSSR count). The van der Waals surface area contributed by atoms with Gasteiger partial charge in [0, 0.05) is 32.8 Å². The normalized spacial score (nSPS) is 19.3. The average molecular weight is 262 g/mol. The Morgan fingerprint density at radius 1 is 1.53 bits per heavy atom. The van der Waals surface area contributed by atoms with Crippen molar-refractivity contribution in [2.75, 3.05) is 24.5 Å². The Hall–Kier alpha value is -1.65. The van der Waals surface area contributed by atoms with Crippen LogP contribution in [0.5, 0.6) is 0 Å². The van der Waals surface area contributed by atoms with Crippen molar-refractivity contribution in [3.8, 4) is 0 Å². The van der Waals surface area contributed by atoms with Crippen LogP contribution in [0.1, 0.15) is 31.2 Å². The van der Waals surface area contributed by atoms with Crippen molar-refractivity contribution in [1.82, 2.24) is 15.3 Å². The number of nitrogens with one attached hydrogen (secondary N) is 1. The molecular formula is C14H22N4O. The van der Waals surface area contributed by atoms with E-state index in [1.54, 1.807) is 13.1 Å². The van der Waals surface area contributed by atoms with Crippen LogP contribution in [0.25, 0.3) is 0 Å². The van der Waals surface area contributed by atoms with E-state index in [0.29, 0.717) is 5.92 Å². The first-order valence-corrected chi connectivity index (χ1v) is 6.86. The molecule has 0 aliphatic carbocycles. The predicted molar refractivity (Wildman–Crippen MR) is 75.1 cm³/mol. The van der Waals surface area contributed by atoms with Crippen LogP contribution in [0, 0.1) is 19.8 Å². The predicted octanol–water partition coefficient (Wildman–Crippen LogP) is 1.45. The van der Waals surface area contributed by atoms with Crippen LogP contribution in [0.4, 0.5) is 5.82 Å². The SMILES string of the molecule is CC(=O)NC[C@H]1CCCN(c2nc(C)cnc2C)C1. The maximum absolute atomic E-state index is 11.0. The number of amides is 1. The maximum Gasteiger partial charge on any atom is 0.216 e.